The molecule has 0 radical (unpaired) electrons. The molecule has 0 aromatic rings. The summed E-state index contributed by atoms with van der Waals surface area (Å²) >= 11 is 0. The summed E-state index contributed by atoms with van der Waals surface area (Å²) in [5.41, 5.74) is 0. The van der Waals surface area contributed by atoms with Crippen molar-refractivity contribution in [2.75, 3.05) is 7.05 Å². The fourth-order valence-electron chi connectivity index (χ4n) is 0.326. The number of rotatable bonds is 3. The first kappa shape index (κ1) is 9.43. The monoisotopic (exact) mass is 162 g/mol. The highest BCUT2D eigenvalue weighted by Gasteiger charge is 2.07. The molecule has 10 heavy (non-hydrogen) atoms. The molecule has 0 fully saturated rings. The Morgan fingerprint density at radius 2 is 2.10 bits per heavy atom. The second-order valence-corrected chi connectivity index (χ2v) is 3.36. The number of hydrogen-bond donors (Lipinski definition) is 2. The molecule has 0 amide bonds. The normalized spacial score (nSPS) is 14.1. The van der Waals surface area contributed by atoms with Crippen LogP contribution in [0.15, 0.2) is 0 Å². The summed E-state index contributed by atoms with van der Waals surface area (Å²) in [4.78, 5) is 0. The van der Waals surface area contributed by atoms with E-state index in [-0.39, 0.29) is 0 Å². The van der Waals surface area contributed by atoms with E-state index in [1.807, 2.05) is 0 Å². The van der Waals surface area contributed by atoms with Crippen LogP contribution < -0.4 is 9.44 Å². The molecule has 58 valence electrons. The molecule has 0 saturated heterocycles. The van der Waals surface area contributed by atoms with Crippen LogP contribution in [-0.4, -0.2) is 21.5 Å². The molecule has 0 aliphatic carbocycles. The summed E-state index contributed by atoms with van der Waals surface area (Å²) in [5, 5.41) is 0. The average Bonchev–Trinajstić information content (AvgIpc) is 1.87. The first-order valence-electron chi connectivity index (χ1n) is 2.68. The minimum atomic E-state index is -3.37. The summed E-state index contributed by atoms with van der Waals surface area (Å²) < 4.78 is 25.6. The summed E-state index contributed by atoms with van der Waals surface area (Å²) in [6.07, 6.45) is 4.93. The van der Waals surface area contributed by atoms with Crippen molar-refractivity contribution in [3.05, 3.63) is 0 Å². The van der Waals surface area contributed by atoms with E-state index in [1.165, 1.54) is 7.05 Å². The Balaban J connectivity index is 4.06. The van der Waals surface area contributed by atoms with Crippen LogP contribution in [0.5, 0.6) is 0 Å². The third kappa shape index (κ3) is 3.45. The lowest BCUT2D eigenvalue weighted by molar-refractivity contribution is 0.569. The number of nitrogens with one attached hydrogen (secondary N) is 2. The van der Waals surface area contributed by atoms with Crippen LogP contribution in [0.25, 0.3) is 0 Å². The van der Waals surface area contributed by atoms with Crippen molar-refractivity contribution in [3.63, 3.8) is 0 Å². The molecule has 0 aliphatic heterocycles. The Kier molecular flexibility index (Phi) is 3.36. The summed E-state index contributed by atoms with van der Waals surface area (Å²) in [6.45, 7) is 1.58. The molecule has 0 rings (SSSR count). The van der Waals surface area contributed by atoms with Crippen LogP contribution in [0.1, 0.15) is 6.92 Å². The zero-order chi connectivity index (χ0) is 8.20. The van der Waals surface area contributed by atoms with Gasteiger partial charge in [0.15, 0.2) is 0 Å². The molecule has 0 aliphatic rings. The quantitative estimate of drug-likeness (QED) is 0.526. The predicted octanol–water partition coefficient (Wildman–Crippen LogP) is -0.938. The van der Waals surface area contributed by atoms with Crippen LogP contribution in [0.4, 0.5) is 0 Å². The Labute approximate surface area is 61.2 Å². The van der Waals surface area contributed by atoms with Gasteiger partial charge in [0.25, 0.3) is 10.2 Å². The van der Waals surface area contributed by atoms with E-state index in [0.717, 1.165) is 0 Å². The maximum absolute atomic E-state index is 10.7. The lowest BCUT2D eigenvalue weighted by atomic mass is 10.4. The van der Waals surface area contributed by atoms with Crippen molar-refractivity contribution in [1.82, 2.24) is 9.44 Å². The lowest BCUT2D eigenvalue weighted by Gasteiger charge is -2.05. The smallest absolute Gasteiger partial charge is 0.205 e. The highest BCUT2D eigenvalue weighted by Crippen LogP contribution is 1.80. The summed E-state index contributed by atoms with van der Waals surface area (Å²) in [7, 11) is -2.06. The molecule has 0 aromatic heterocycles. The van der Waals surface area contributed by atoms with Crippen LogP contribution in [0, 0.1) is 12.3 Å². The molecule has 0 saturated carbocycles. The lowest BCUT2D eigenvalue weighted by Crippen LogP contribution is -2.38. The molecule has 0 aromatic carbocycles. The van der Waals surface area contributed by atoms with Gasteiger partial charge in [0.2, 0.25) is 0 Å². The van der Waals surface area contributed by atoms with E-state index in [9.17, 15) is 8.42 Å². The molecule has 0 heterocycles. The van der Waals surface area contributed by atoms with Crippen LogP contribution >= 0.6 is 0 Å². The highest BCUT2D eigenvalue weighted by atomic mass is 32.2. The predicted molar refractivity (Wildman–Crippen MR) is 39.4 cm³/mol. The molecule has 0 spiro atoms. The zero-order valence-electron chi connectivity index (χ0n) is 5.88. The molecule has 0 bridgehead atoms. The van der Waals surface area contributed by atoms with Crippen LogP contribution in [-0.2, 0) is 10.2 Å². The first-order valence-corrected chi connectivity index (χ1v) is 4.17. The standard InChI is InChI=1S/C5H10N2O2S/c1-4-5(2)7-10(8,9)6-3/h1,5-7H,2-3H3. The van der Waals surface area contributed by atoms with E-state index in [2.05, 4.69) is 15.4 Å². The second-order valence-electron chi connectivity index (χ2n) is 1.71. The van der Waals surface area contributed by atoms with Gasteiger partial charge in [0.1, 0.15) is 0 Å². The van der Waals surface area contributed by atoms with Gasteiger partial charge in [-0.15, -0.1) is 6.42 Å². The van der Waals surface area contributed by atoms with Gasteiger partial charge in [-0.05, 0) is 6.92 Å². The van der Waals surface area contributed by atoms with Crippen molar-refractivity contribution >= 4 is 10.2 Å². The van der Waals surface area contributed by atoms with Crippen molar-refractivity contribution < 1.29 is 8.42 Å². The third-order valence-corrected chi connectivity index (χ3v) is 2.05. The van der Waals surface area contributed by atoms with E-state index in [4.69, 9.17) is 6.42 Å². The van der Waals surface area contributed by atoms with Crippen molar-refractivity contribution in [2.45, 2.75) is 13.0 Å². The Morgan fingerprint density at radius 3 is 2.40 bits per heavy atom. The van der Waals surface area contributed by atoms with E-state index in [0.29, 0.717) is 0 Å². The van der Waals surface area contributed by atoms with Gasteiger partial charge >= 0.3 is 0 Å². The largest absolute Gasteiger partial charge is 0.277 e. The highest BCUT2D eigenvalue weighted by molar-refractivity contribution is 7.87. The fraction of sp³-hybridized carbons (Fsp3) is 0.600. The topological polar surface area (TPSA) is 58.2 Å². The van der Waals surface area contributed by atoms with Gasteiger partial charge in [0, 0.05) is 7.05 Å². The van der Waals surface area contributed by atoms with Gasteiger partial charge < -0.3 is 0 Å². The molecular formula is C5H10N2O2S. The fourth-order valence-corrected chi connectivity index (χ4v) is 0.977. The molecule has 1 atom stereocenters. The van der Waals surface area contributed by atoms with Gasteiger partial charge in [-0.1, -0.05) is 5.92 Å². The molecule has 2 N–H and O–H groups in total. The molecule has 1 unspecified atom stereocenters. The van der Waals surface area contributed by atoms with Gasteiger partial charge in [-0.3, -0.25) is 0 Å². The summed E-state index contributed by atoms with van der Waals surface area (Å²) in [6, 6.07) is -0.475. The molecule has 4 nitrogen and oxygen atoms in total. The van der Waals surface area contributed by atoms with Crippen molar-refractivity contribution in [1.29, 1.82) is 0 Å². The van der Waals surface area contributed by atoms with Crippen molar-refractivity contribution in [3.8, 4) is 12.3 Å². The minimum Gasteiger partial charge on any atom is -0.205 e. The zero-order valence-corrected chi connectivity index (χ0v) is 6.70. The van der Waals surface area contributed by atoms with E-state index >= 15 is 0 Å². The Morgan fingerprint density at radius 1 is 1.60 bits per heavy atom. The average molecular weight is 162 g/mol. The van der Waals surface area contributed by atoms with Gasteiger partial charge in [-0.25, -0.2) is 4.72 Å². The maximum Gasteiger partial charge on any atom is 0.277 e. The van der Waals surface area contributed by atoms with Gasteiger partial charge in [0.05, 0.1) is 6.04 Å². The van der Waals surface area contributed by atoms with Crippen LogP contribution in [0.3, 0.4) is 0 Å². The number of terminal acetylenes is 1. The second kappa shape index (κ2) is 3.56. The van der Waals surface area contributed by atoms with Crippen molar-refractivity contribution in [2.24, 2.45) is 0 Å². The minimum absolute atomic E-state index is 0.475. The summed E-state index contributed by atoms with van der Waals surface area (Å²) in [5.74, 6) is 2.23. The molecular weight excluding hydrogens is 152 g/mol. The molecule has 5 heteroatoms. The maximum atomic E-state index is 10.7. The Hall–Kier alpha value is -0.570. The van der Waals surface area contributed by atoms with Crippen LogP contribution in [0.2, 0.25) is 0 Å². The third-order valence-electron chi connectivity index (χ3n) is 0.851. The van der Waals surface area contributed by atoms with E-state index < -0.39 is 16.3 Å². The van der Waals surface area contributed by atoms with E-state index in [1.54, 1.807) is 6.92 Å². The first-order chi connectivity index (χ1) is 4.52. The SMILES string of the molecule is C#CC(C)NS(=O)(=O)NC. The number of hydrogen-bond acceptors (Lipinski definition) is 2. The Bertz CT molecular complexity index is 227. The van der Waals surface area contributed by atoms with Gasteiger partial charge in [-0.2, -0.15) is 13.1 Å².